The predicted molar refractivity (Wildman–Crippen MR) is 63.3 cm³/mol. The molecule has 1 N–H and O–H groups in total. The summed E-state index contributed by atoms with van der Waals surface area (Å²) in [5.74, 6) is 0.979. The number of rotatable bonds is 7. The van der Waals surface area contributed by atoms with Crippen molar-refractivity contribution in [1.82, 2.24) is 4.90 Å². The molecule has 0 aliphatic heterocycles. The van der Waals surface area contributed by atoms with Crippen LogP contribution in [-0.4, -0.2) is 35.6 Å². The van der Waals surface area contributed by atoms with Gasteiger partial charge in [0.1, 0.15) is 0 Å². The zero-order chi connectivity index (χ0) is 11.5. The Labute approximate surface area is 97.1 Å². The molecule has 0 saturated heterocycles. The lowest BCUT2D eigenvalue weighted by atomic mass is 10.2. The van der Waals surface area contributed by atoms with Crippen molar-refractivity contribution in [3.05, 3.63) is 11.6 Å². The first-order valence-corrected chi connectivity index (χ1v) is 6.27. The zero-order valence-electron chi connectivity index (χ0n) is 9.98. The van der Waals surface area contributed by atoms with Gasteiger partial charge in [0, 0.05) is 25.2 Å². The van der Waals surface area contributed by atoms with Crippen molar-refractivity contribution in [2.24, 2.45) is 11.8 Å². The Bertz CT molecular complexity index is 276. The third-order valence-corrected chi connectivity index (χ3v) is 3.42. The minimum atomic E-state index is -0.794. The molecule has 0 aromatic heterocycles. The summed E-state index contributed by atoms with van der Waals surface area (Å²) in [6.07, 6.45) is 7.31. The van der Waals surface area contributed by atoms with Crippen LogP contribution in [0.5, 0.6) is 0 Å². The fourth-order valence-electron chi connectivity index (χ4n) is 1.91. The van der Waals surface area contributed by atoms with Gasteiger partial charge in [-0.15, -0.1) is 0 Å². The monoisotopic (exact) mass is 223 g/mol. The Morgan fingerprint density at radius 1 is 1.25 bits per heavy atom. The Kier molecular flexibility index (Phi) is 3.64. The largest absolute Gasteiger partial charge is 0.478 e. The molecule has 90 valence electrons. The highest BCUT2D eigenvalue weighted by atomic mass is 16.4. The minimum absolute atomic E-state index is 0.469. The van der Waals surface area contributed by atoms with E-state index in [2.05, 4.69) is 4.90 Å². The van der Waals surface area contributed by atoms with Gasteiger partial charge in [0.25, 0.3) is 0 Å². The molecule has 0 bridgehead atoms. The molecule has 2 aliphatic carbocycles. The number of carboxylic acids is 1. The van der Waals surface area contributed by atoms with E-state index in [0.717, 1.165) is 18.4 Å². The van der Waals surface area contributed by atoms with Crippen LogP contribution in [-0.2, 0) is 4.79 Å². The van der Waals surface area contributed by atoms with Crippen molar-refractivity contribution in [3.63, 3.8) is 0 Å². The summed E-state index contributed by atoms with van der Waals surface area (Å²) in [6.45, 7) is 4.82. The molecule has 0 atom stereocenters. The molecule has 0 aromatic carbocycles. The minimum Gasteiger partial charge on any atom is -0.478 e. The number of nitrogens with zero attached hydrogens (tertiary/aromatic N) is 1. The van der Waals surface area contributed by atoms with Crippen molar-refractivity contribution in [1.29, 1.82) is 0 Å². The van der Waals surface area contributed by atoms with Crippen LogP contribution in [0.1, 0.15) is 32.6 Å². The summed E-state index contributed by atoms with van der Waals surface area (Å²) in [5.41, 5.74) is 0.469. The zero-order valence-corrected chi connectivity index (χ0v) is 9.98. The summed E-state index contributed by atoms with van der Waals surface area (Å²) in [7, 11) is 0. The highest BCUT2D eigenvalue weighted by molar-refractivity contribution is 5.85. The average Bonchev–Trinajstić information content (AvgIpc) is 3.08. The van der Waals surface area contributed by atoms with Crippen molar-refractivity contribution in [3.8, 4) is 0 Å². The molecule has 2 fully saturated rings. The quantitative estimate of drug-likeness (QED) is 0.672. The number of hydrogen-bond donors (Lipinski definition) is 1. The molecule has 2 aliphatic rings. The Morgan fingerprint density at radius 2 is 1.75 bits per heavy atom. The van der Waals surface area contributed by atoms with Crippen LogP contribution in [0.15, 0.2) is 11.6 Å². The Balaban J connectivity index is 1.79. The van der Waals surface area contributed by atoms with Crippen molar-refractivity contribution in [2.45, 2.75) is 32.6 Å². The molecule has 0 aromatic rings. The van der Waals surface area contributed by atoms with Crippen LogP contribution in [0, 0.1) is 11.8 Å². The van der Waals surface area contributed by atoms with Gasteiger partial charge in [-0.25, -0.2) is 4.79 Å². The van der Waals surface area contributed by atoms with E-state index >= 15 is 0 Å². The van der Waals surface area contributed by atoms with E-state index in [1.807, 2.05) is 6.08 Å². The lowest BCUT2D eigenvalue weighted by Gasteiger charge is -2.20. The first kappa shape index (κ1) is 11.6. The third-order valence-electron chi connectivity index (χ3n) is 3.42. The van der Waals surface area contributed by atoms with Crippen molar-refractivity contribution >= 4 is 5.97 Å². The smallest absolute Gasteiger partial charge is 0.330 e. The molecule has 0 unspecified atom stereocenters. The van der Waals surface area contributed by atoms with Gasteiger partial charge >= 0.3 is 5.97 Å². The second-order valence-corrected chi connectivity index (χ2v) is 5.30. The summed E-state index contributed by atoms with van der Waals surface area (Å²) in [5, 5.41) is 8.80. The lowest BCUT2D eigenvalue weighted by molar-refractivity contribution is -0.132. The van der Waals surface area contributed by atoms with Gasteiger partial charge in [-0.2, -0.15) is 0 Å². The number of carbonyl (C=O) groups is 1. The van der Waals surface area contributed by atoms with Crippen LogP contribution < -0.4 is 0 Å². The average molecular weight is 223 g/mol. The first-order chi connectivity index (χ1) is 7.65. The SMILES string of the molecule is CC(=CCN(CC1CC1)CC1CC1)C(=O)O. The van der Waals surface area contributed by atoms with Crippen molar-refractivity contribution < 1.29 is 9.90 Å². The highest BCUT2D eigenvalue weighted by Crippen LogP contribution is 2.33. The highest BCUT2D eigenvalue weighted by Gasteiger charge is 2.28. The second-order valence-electron chi connectivity index (χ2n) is 5.30. The summed E-state index contributed by atoms with van der Waals surface area (Å²) in [6, 6.07) is 0. The lowest BCUT2D eigenvalue weighted by Crippen LogP contribution is -2.28. The van der Waals surface area contributed by atoms with Gasteiger partial charge in [-0.3, -0.25) is 4.90 Å². The van der Waals surface area contributed by atoms with E-state index in [1.165, 1.54) is 38.8 Å². The third kappa shape index (κ3) is 3.97. The molecule has 0 radical (unpaired) electrons. The van der Waals surface area contributed by atoms with E-state index in [-0.39, 0.29) is 0 Å². The molecular formula is C13H21NO2. The summed E-state index contributed by atoms with van der Waals surface area (Å²) < 4.78 is 0. The molecule has 2 saturated carbocycles. The number of aliphatic carboxylic acids is 1. The summed E-state index contributed by atoms with van der Waals surface area (Å²) >= 11 is 0. The van der Waals surface area contributed by atoms with E-state index in [0.29, 0.717) is 5.57 Å². The van der Waals surface area contributed by atoms with Crippen LogP contribution >= 0.6 is 0 Å². The van der Waals surface area contributed by atoms with Gasteiger partial charge in [-0.05, 0) is 44.4 Å². The first-order valence-electron chi connectivity index (χ1n) is 6.27. The molecule has 3 nitrogen and oxygen atoms in total. The van der Waals surface area contributed by atoms with Gasteiger partial charge < -0.3 is 5.11 Å². The maximum Gasteiger partial charge on any atom is 0.330 e. The molecule has 0 heterocycles. The van der Waals surface area contributed by atoms with Crippen molar-refractivity contribution in [2.75, 3.05) is 19.6 Å². The van der Waals surface area contributed by atoms with Crippen LogP contribution in [0.25, 0.3) is 0 Å². The molecule has 0 amide bonds. The van der Waals surface area contributed by atoms with E-state index < -0.39 is 5.97 Å². The Hall–Kier alpha value is -0.830. The van der Waals surface area contributed by atoms with Gasteiger partial charge in [0.05, 0.1) is 0 Å². The molecule has 16 heavy (non-hydrogen) atoms. The predicted octanol–water partition coefficient (Wildman–Crippen LogP) is 2.14. The molecule has 0 spiro atoms. The maximum atomic E-state index is 10.7. The normalized spacial score (nSPS) is 21.5. The summed E-state index contributed by atoms with van der Waals surface area (Å²) in [4.78, 5) is 13.1. The van der Waals surface area contributed by atoms with Crippen LogP contribution in [0.3, 0.4) is 0 Å². The fraction of sp³-hybridized carbons (Fsp3) is 0.769. The van der Waals surface area contributed by atoms with E-state index in [1.54, 1.807) is 6.92 Å². The van der Waals surface area contributed by atoms with Gasteiger partial charge in [0.15, 0.2) is 0 Å². The van der Waals surface area contributed by atoms with Crippen LogP contribution in [0.2, 0.25) is 0 Å². The standard InChI is InChI=1S/C13H21NO2/c1-10(13(15)16)6-7-14(8-11-2-3-11)9-12-4-5-12/h6,11-12H,2-5,7-9H2,1H3,(H,15,16). The fourth-order valence-corrected chi connectivity index (χ4v) is 1.91. The topological polar surface area (TPSA) is 40.5 Å². The van der Waals surface area contributed by atoms with Gasteiger partial charge in [0.2, 0.25) is 0 Å². The number of hydrogen-bond acceptors (Lipinski definition) is 2. The molecule has 3 heteroatoms. The maximum absolute atomic E-state index is 10.7. The van der Waals surface area contributed by atoms with E-state index in [9.17, 15) is 4.79 Å². The molecule has 2 rings (SSSR count). The Morgan fingerprint density at radius 3 is 2.12 bits per heavy atom. The van der Waals surface area contributed by atoms with E-state index in [4.69, 9.17) is 5.11 Å². The number of carboxylic acid groups (broad SMARTS) is 1. The molecular weight excluding hydrogens is 202 g/mol. The van der Waals surface area contributed by atoms with Crippen LogP contribution in [0.4, 0.5) is 0 Å². The second kappa shape index (κ2) is 5.00. The van der Waals surface area contributed by atoms with Gasteiger partial charge in [-0.1, -0.05) is 6.08 Å².